The minimum Gasteiger partial charge on any atom is -0.393 e. The predicted octanol–water partition coefficient (Wildman–Crippen LogP) is 7.58. The average Bonchev–Trinajstić information content (AvgIpc) is 3.31. The van der Waals surface area contributed by atoms with E-state index in [2.05, 4.69) is 39.6 Å². The van der Waals surface area contributed by atoms with Crippen LogP contribution in [-0.4, -0.2) is 40.6 Å². The smallest absolute Gasteiger partial charge is 0.393 e. The standard InChI is InChI=1S/C34H54NO6P/c1-21(2)30-28-20-24(36)8-14-34(28,5)27-9-15-33(4)25(6-7-26(33)31(27)32(30)37)22(3)12-18-39-42(38)40-19-13-29(41-42)23-10-16-35-17-11-23/h10-11,16-17,21-22,24-32,36-37H,6-9,12-15,18-20H2,1-5H3/t22-,24-,25-,26?,27?,28?,29-,30-,31?,32-,33-,34-,42?/m1/s1. The molecule has 2 heterocycles. The molecule has 7 nitrogen and oxygen atoms in total. The van der Waals surface area contributed by atoms with E-state index >= 15 is 0 Å². The van der Waals surface area contributed by atoms with Crippen LogP contribution in [-0.2, 0) is 18.1 Å². The van der Waals surface area contributed by atoms with Crippen molar-refractivity contribution in [2.24, 2.45) is 58.2 Å². The first kappa shape index (κ1) is 31.2. The van der Waals surface area contributed by atoms with Crippen LogP contribution in [0.2, 0.25) is 0 Å². The third-order valence-electron chi connectivity index (χ3n) is 13.1. The number of hydrogen-bond acceptors (Lipinski definition) is 7. The lowest BCUT2D eigenvalue weighted by molar-refractivity contribution is -0.211. The molecule has 1 aromatic heterocycles. The Morgan fingerprint density at radius 2 is 1.71 bits per heavy atom. The number of nitrogens with zero attached hydrogens (tertiary/aromatic N) is 1. The Hall–Kier alpha value is -0.820. The van der Waals surface area contributed by atoms with Crippen LogP contribution in [0.5, 0.6) is 0 Å². The number of phosphoric acid groups is 1. The van der Waals surface area contributed by atoms with Crippen molar-refractivity contribution < 1.29 is 28.3 Å². The highest BCUT2D eigenvalue weighted by atomic mass is 31.2. The maximum atomic E-state index is 13.3. The minimum absolute atomic E-state index is 0.190. The summed E-state index contributed by atoms with van der Waals surface area (Å²) in [5, 5.41) is 22.8. The summed E-state index contributed by atoms with van der Waals surface area (Å²) in [6, 6.07) is 3.78. The van der Waals surface area contributed by atoms with Crippen LogP contribution in [0.25, 0.3) is 0 Å². The molecule has 0 aromatic carbocycles. The zero-order valence-electron chi connectivity index (χ0n) is 26.4. The molecule has 236 valence electrons. The first-order valence-electron chi connectivity index (χ1n) is 16.8. The average molecular weight is 604 g/mol. The van der Waals surface area contributed by atoms with Crippen molar-refractivity contribution in [2.45, 2.75) is 111 Å². The van der Waals surface area contributed by atoms with Crippen molar-refractivity contribution in [3.63, 3.8) is 0 Å². The van der Waals surface area contributed by atoms with Crippen molar-refractivity contribution in [3.05, 3.63) is 30.1 Å². The van der Waals surface area contributed by atoms with Gasteiger partial charge in [-0.25, -0.2) is 4.57 Å². The quantitative estimate of drug-likeness (QED) is 0.310. The second-order valence-electron chi connectivity index (χ2n) is 15.4. The van der Waals surface area contributed by atoms with Gasteiger partial charge in [0.1, 0.15) is 0 Å². The van der Waals surface area contributed by atoms with Gasteiger partial charge in [-0.15, -0.1) is 0 Å². The summed E-state index contributed by atoms with van der Waals surface area (Å²) in [7, 11) is -3.61. The summed E-state index contributed by atoms with van der Waals surface area (Å²) in [5.41, 5.74) is 1.34. The van der Waals surface area contributed by atoms with Crippen LogP contribution in [0.3, 0.4) is 0 Å². The monoisotopic (exact) mass is 603 g/mol. The maximum Gasteiger partial charge on any atom is 0.475 e. The van der Waals surface area contributed by atoms with Gasteiger partial charge in [-0.05, 0) is 127 Å². The van der Waals surface area contributed by atoms with Crippen molar-refractivity contribution in [3.8, 4) is 0 Å². The van der Waals surface area contributed by atoms with Gasteiger partial charge in [0.15, 0.2) is 0 Å². The fourth-order valence-corrected chi connectivity index (χ4v) is 12.5. The van der Waals surface area contributed by atoms with E-state index in [0.717, 1.165) is 31.2 Å². The van der Waals surface area contributed by atoms with E-state index in [9.17, 15) is 14.8 Å². The Balaban J connectivity index is 1.12. The van der Waals surface area contributed by atoms with Gasteiger partial charge in [0, 0.05) is 18.8 Å². The van der Waals surface area contributed by atoms with Crippen LogP contribution < -0.4 is 0 Å². The van der Waals surface area contributed by atoms with Crippen LogP contribution in [0.1, 0.15) is 104 Å². The molecule has 0 radical (unpaired) electrons. The van der Waals surface area contributed by atoms with Gasteiger partial charge >= 0.3 is 7.82 Å². The molecule has 1 aliphatic heterocycles. The van der Waals surface area contributed by atoms with Crippen molar-refractivity contribution in [2.75, 3.05) is 13.2 Å². The van der Waals surface area contributed by atoms with Crippen molar-refractivity contribution in [1.82, 2.24) is 4.98 Å². The Bertz CT molecular complexity index is 1130. The third-order valence-corrected chi connectivity index (χ3v) is 14.6. The molecule has 4 saturated carbocycles. The zero-order chi connectivity index (χ0) is 29.9. The minimum atomic E-state index is -3.61. The van der Waals surface area contributed by atoms with Gasteiger partial charge in [0.25, 0.3) is 0 Å². The normalized spacial score (nSPS) is 47.9. The Morgan fingerprint density at radius 1 is 1.00 bits per heavy atom. The molecule has 1 aromatic rings. The number of rotatable bonds is 7. The molecule has 6 rings (SSSR count). The SMILES string of the molecule is CC(C)[C@@H]1C2C[C@H](O)CC[C@]2(C)C2CC[C@@]3(C)C(CC[C@@H]3[C@H](C)CCOP3(=O)OCC[C@H](c4ccncc4)O3)C2[C@@H]1O. The third kappa shape index (κ3) is 5.36. The lowest BCUT2D eigenvalue weighted by Gasteiger charge is -2.65. The lowest BCUT2D eigenvalue weighted by Crippen LogP contribution is -2.63. The number of pyridine rings is 1. The zero-order valence-corrected chi connectivity index (χ0v) is 27.3. The van der Waals surface area contributed by atoms with Gasteiger partial charge in [-0.3, -0.25) is 18.6 Å². The highest BCUT2D eigenvalue weighted by molar-refractivity contribution is 7.48. The number of aliphatic hydroxyl groups is 2. The van der Waals surface area contributed by atoms with Gasteiger partial charge in [-0.1, -0.05) is 34.6 Å². The molecule has 42 heavy (non-hydrogen) atoms. The summed E-state index contributed by atoms with van der Waals surface area (Å²) >= 11 is 0. The Kier molecular flexibility index (Phi) is 8.79. The first-order valence-corrected chi connectivity index (χ1v) is 18.3. The molecular formula is C34H54NO6P. The summed E-state index contributed by atoms with van der Waals surface area (Å²) in [5.74, 6) is 3.42. The number of aliphatic hydroxyl groups excluding tert-OH is 2. The van der Waals surface area contributed by atoms with E-state index in [1.807, 2.05) is 12.1 Å². The predicted molar refractivity (Wildman–Crippen MR) is 162 cm³/mol. The number of fused-ring (bicyclic) bond motifs is 5. The number of phosphoric ester groups is 1. The summed E-state index contributed by atoms with van der Waals surface area (Å²) < 4.78 is 30.6. The van der Waals surface area contributed by atoms with Crippen molar-refractivity contribution >= 4 is 7.82 Å². The van der Waals surface area contributed by atoms with E-state index in [0.29, 0.717) is 61.1 Å². The van der Waals surface area contributed by atoms with Gasteiger partial charge in [-0.2, -0.15) is 0 Å². The van der Waals surface area contributed by atoms with Gasteiger partial charge < -0.3 is 10.2 Å². The Morgan fingerprint density at radius 3 is 2.45 bits per heavy atom. The fraction of sp³-hybridized carbons (Fsp3) is 0.853. The molecule has 2 N–H and O–H groups in total. The highest BCUT2D eigenvalue weighted by Gasteiger charge is 2.65. The van der Waals surface area contributed by atoms with Gasteiger partial charge in [0.05, 0.1) is 31.5 Å². The number of aromatic nitrogens is 1. The van der Waals surface area contributed by atoms with E-state index in [4.69, 9.17) is 13.6 Å². The topological polar surface area (TPSA) is 98.1 Å². The van der Waals surface area contributed by atoms with E-state index in [-0.39, 0.29) is 35.1 Å². The molecule has 4 aliphatic carbocycles. The molecule has 5 fully saturated rings. The van der Waals surface area contributed by atoms with Crippen LogP contribution in [0, 0.1) is 58.2 Å². The first-order chi connectivity index (χ1) is 20.0. The second kappa shape index (κ2) is 11.8. The second-order valence-corrected chi connectivity index (χ2v) is 17.0. The fourth-order valence-electron chi connectivity index (χ4n) is 11.1. The highest BCUT2D eigenvalue weighted by Crippen LogP contribution is 2.70. The molecule has 0 spiro atoms. The summed E-state index contributed by atoms with van der Waals surface area (Å²) in [6.07, 6.45) is 11.7. The molecule has 1 saturated heterocycles. The molecule has 8 heteroatoms. The Labute approximate surface area is 253 Å². The maximum absolute atomic E-state index is 13.3. The van der Waals surface area contributed by atoms with E-state index in [1.165, 1.54) is 25.7 Å². The van der Waals surface area contributed by atoms with Crippen LogP contribution in [0.4, 0.5) is 0 Å². The van der Waals surface area contributed by atoms with E-state index in [1.54, 1.807) is 12.4 Å². The molecule has 5 aliphatic rings. The van der Waals surface area contributed by atoms with Crippen LogP contribution >= 0.6 is 7.82 Å². The molecule has 5 unspecified atom stereocenters. The molecule has 0 bridgehead atoms. The summed E-state index contributed by atoms with van der Waals surface area (Å²) in [4.78, 5) is 4.07. The molecular weight excluding hydrogens is 549 g/mol. The van der Waals surface area contributed by atoms with E-state index < -0.39 is 7.82 Å². The molecule has 13 atom stereocenters. The largest absolute Gasteiger partial charge is 0.475 e. The van der Waals surface area contributed by atoms with Gasteiger partial charge in [0.2, 0.25) is 0 Å². The van der Waals surface area contributed by atoms with Crippen molar-refractivity contribution in [1.29, 1.82) is 0 Å². The lowest BCUT2D eigenvalue weighted by atomic mass is 9.40. The van der Waals surface area contributed by atoms with Crippen LogP contribution in [0.15, 0.2) is 24.5 Å². The summed E-state index contributed by atoms with van der Waals surface area (Å²) in [6.45, 7) is 12.6. The number of hydrogen-bond donors (Lipinski definition) is 2. The molecule has 0 amide bonds.